The quantitative estimate of drug-likeness (QED) is 0.878. The second-order valence-electron chi connectivity index (χ2n) is 5.10. The summed E-state index contributed by atoms with van der Waals surface area (Å²) in [7, 11) is 0. The third kappa shape index (κ3) is 3.66. The van der Waals surface area contributed by atoms with Crippen LogP contribution in [-0.4, -0.2) is 17.0 Å². The van der Waals surface area contributed by atoms with Crippen molar-refractivity contribution in [2.75, 3.05) is 11.9 Å². The molecule has 1 heterocycles. The van der Waals surface area contributed by atoms with Gasteiger partial charge in [0.1, 0.15) is 0 Å². The van der Waals surface area contributed by atoms with Gasteiger partial charge in [0.05, 0.1) is 6.54 Å². The molecule has 1 atom stereocenters. The normalized spacial score (nSPS) is 19.2. The molecule has 2 nitrogen and oxygen atoms in total. The Kier molecular flexibility index (Phi) is 4.57. The third-order valence-corrected chi connectivity index (χ3v) is 4.41. The van der Waals surface area contributed by atoms with Gasteiger partial charge >= 0.3 is 0 Å². The number of anilines is 1. The van der Waals surface area contributed by atoms with E-state index in [1.54, 1.807) is 0 Å². The molecule has 0 saturated heterocycles. The first-order valence-corrected chi connectivity index (χ1v) is 7.54. The zero-order valence-corrected chi connectivity index (χ0v) is 12.6. The van der Waals surface area contributed by atoms with E-state index < -0.39 is 0 Å². The number of benzene rings is 1. The minimum atomic E-state index is 0.619. The van der Waals surface area contributed by atoms with Gasteiger partial charge in [0.15, 0.2) is 5.17 Å². The Bertz CT molecular complexity index is 457. The van der Waals surface area contributed by atoms with Crippen molar-refractivity contribution in [2.45, 2.75) is 32.4 Å². The Morgan fingerprint density at radius 3 is 2.94 bits per heavy atom. The number of aliphatic imine (C=N–C) groups is 1. The largest absolute Gasteiger partial charge is 0.335 e. The van der Waals surface area contributed by atoms with Crippen LogP contribution in [0.3, 0.4) is 0 Å². The molecule has 0 amide bonds. The lowest BCUT2D eigenvalue weighted by atomic mass is 10.1. The van der Waals surface area contributed by atoms with Crippen LogP contribution in [0.1, 0.15) is 25.8 Å². The number of nitrogens with one attached hydrogen (secondary N) is 1. The van der Waals surface area contributed by atoms with Crippen molar-refractivity contribution in [3.05, 3.63) is 28.8 Å². The first-order chi connectivity index (χ1) is 8.54. The summed E-state index contributed by atoms with van der Waals surface area (Å²) in [5, 5.41) is 5.77. The Morgan fingerprint density at radius 2 is 2.28 bits per heavy atom. The van der Waals surface area contributed by atoms with Crippen LogP contribution in [0.5, 0.6) is 0 Å². The molecule has 1 unspecified atom stereocenters. The summed E-state index contributed by atoms with van der Waals surface area (Å²) in [6, 6.07) is 6.02. The molecular weight excluding hydrogens is 264 g/mol. The highest BCUT2D eigenvalue weighted by atomic mass is 35.5. The minimum Gasteiger partial charge on any atom is -0.335 e. The highest BCUT2D eigenvalue weighted by molar-refractivity contribution is 8.15. The molecule has 4 heteroatoms. The smallest absolute Gasteiger partial charge is 0.161 e. The van der Waals surface area contributed by atoms with Crippen LogP contribution in [0, 0.1) is 12.8 Å². The van der Waals surface area contributed by atoms with Crippen LogP contribution in [0.4, 0.5) is 5.69 Å². The molecule has 1 aliphatic heterocycles. The summed E-state index contributed by atoms with van der Waals surface area (Å²) < 4.78 is 0. The summed E-state index contributed by atoms with van der Waals surface area (Å²) in [4.78, 5) is 4.54. The Balaban J connectivity index is 1.93. The molecule has 1 aromatic rings. The van der Waals surface area contributed by atoms with E-state index in [2.05, 4.69) is 24.2 Å². The molecule has 0 radical (unpaired) electrons. The molecule has 0 bridgehead atoms. The van der Waals surface area contributed by atoms with E-state index in [0.29, 0.717) is 5.25 Å². The number of amidine groups is 1. The number of aryl methyl sites for hydroxylation is 1. The van der Waals surface area contributed by atoms with Crippen LogP contribution in [0.25, 0.3) is 0 Å². The fourth-order valence-corrected chi connectivity index (χ4v) is 3.38. The maximum Gasteiger partial charge on any atom is 0.161 e. The van der Waals surface area contributed by atoms with Crippen LogP contribution in [0.15, 0.2) is 23.2 Å². The SMILES string of the molecule is Cc1ccc(NC2=NCC(CC(C)C)S2)cc1Cl. The van der Waals surface area contributed by atoms with Gasteiger partial charge in [-0.15, -0.1) is 0 Å². The van der Waals surface area contributed by atoms with Gasteiger partial charge in [-0.05, 0) is 37.0 Å². The van der Waals surface area contributed by atoms with Gasteiger partial charge < -0.3 is 5.32 Å². The van der Waals surface area contributed by atoms with Gasteiger partial charge in [-0.3, -0.25) is 4.99 Å². The highest BCUT2D eigenvalue weighted by Crippen LogP contribution is 2.28. The van der Waals surface area contributed by atoms with E-state index in [4.69, 9.17) is 11.6 Å². The highest BCUT2D eigenvalue weighted by Gasteiger charge is 2.20. The maximum atomic E-state index is 6.11. The van der Waals surface area contributed by atoms with Gasteiger partial charge in [0.2, 0.25) is 0 Å². The van der Waals surface area contributed by atoms with Crippen molar-refractivity contribution in [3.8, 4) is 0 Å². The van der Waals surface area contributed by atoms with Crippen LogP contribution >= 0.6 is 23.4 Å². The Morgan fingerprint density at radius 1 is 1.50 bits per heavy atom. The molecular formula is C14H19ClN2S. The minimum absolute atomic E-state index is 0.619. The maximum absolute atomic E-state index is 6.11. The van der Waals surface area contributed by atoms with Crippen molar-refractivity contribution in [1.29, 1.82) is 0 Å². The third-order valence-electron chi connectivity index (χ3n) is 2.87. The second-order valence-corrected chi connectivity index (χ2v) is 6.80. The summed E-state index contributed by atoms with van der Waals surface area (Å²) in [6.45, 7) is 7.44. The topological polar surface area (TPSA) is 24.4 Å². The molecule has 0 fully saturated rings. The zero-order valence-electron chi connectivity index (χ0n) is 11.0. The molecule has 0 aliphatic carbocycles. The van der Waals surface area contributed by atoms with Gasteiger partial charge in [-0.1, -0.05) is 43.3 Å². The summed E-state index contributed by atoms with van der Waals surface area (Å²) >= 11 is 7.95. The van der Waals surface area contributed by atoms with Gasteiger partial charge in [0, 0.05) is 16.0 Å². The zero-order chi connectivity index (χ0) is 13.1. The van der Waals surface area contributed by atoms with E-state index in [1.807, 2.05) is 36.9 Å². The lowest BCUT2D eigenvalue weighted by Gasteiger charge is -2.11. The van der Waals surface area contributed by atoms with Crippen LogP contribution in [0.2, 0.25) is 5.02 Å². The van der Waals surface area contributed by atoms with Crippen LogP contribution < -0.4 is 5.32 Å². The van der Waals surface area contributed by atoms with E-state index in [0.717, 1.165) is 33.9 Å². The first-order valence-electron chi connectivity index (χ1n) is 6.29. The molecule has 18 heavy (non-hydrogen) atoms. The first kappa shape index (κ1) is 13.8. The molecule has 1 aromatic carbocycles. The van der Waals surface area contributed by atoms with E-state index >= 15 is 0 Å². The summed E-state index contributed by atoms with van der Waals surface area (Å²) in [6.07, 6.45) is 1.22. The van der Waals surface area contributed by atoms with E-state index in [9.17, 15) is 0 Å². The van der Waals surface area contributed by atoms with Crippen molar-refractivity contribution in [2.24, 2.45) is 10.9 Å². The van der Waals surface area contributed by atoms with Gasteiger partial charge in [-0.2, -0.15) is 0 Å². The number of rotatable bonds is 3. The monoisotopic (exact) mass is 282 g/mol. The predicted molar refractivity (Wildman–Crippen MR) is 82.9 cm³/mol. The summed E-state index contributed by atoms with van der Waals surface area (Å²) in [5.74, 6) is 0.728. The van der Waals surface area contributed by atoms with Crippen molar-refractivity contribution in [1.82, 2.24) is 0 Å². The lowest BCUT2D eigenvalue weighted by molar-refractivity contribution is 0.575. The van der Waals surface area contributed by atoms with Crippen molar-refractivity contribution < 1.29 is 0 Å². The predicted octanol–water partition coefficient (Wildman–Crippen LogP) is 4.58. The number of halogens is 1. The Hall–Kier alpha value is -0.670. The Labute approximate surface area is 118 Å². The number of nitrogens with zero attached hydrogens (tertiary/aromatic N) is 1. The van der Waals surface area contributed by atoms with E-state index in [-0.39, 0.29) is 0 Å². The van der Waals surface area contributed by atoms with E-state index in [1.165, 1.54) is 6.42 Å². The molecule has 0 aromatic heterocycles. The number of hydrogen-bond acceptors (Lipinski definition) is 3. The molecule has 0 spiro atoms. The average molecular weight is 283 g/mol. The standard InChI is InChI=1S/C14H19ClN2S/c1-9(2)6-12-8-16-14(18-12)17-11-5-4-10(3)13(15)7-11/h4-5,7,9,12H,6,8H2,1-3H3,(H,16,17). The molecule has 98 valence electrons. The number of hydrogen-bond donors (Lipinski definition) is 1. The fourth-order valence-electron chi connectivity index (χ4n) is 1.93. The average Bonchev–Trinajstić information content (AvgIpc) is 2.70. The lowest BCUT2D eigenvalue weighted by Crippen LogP contribution is -2.09. The van der Waals surface area contributed by atoms with Crippen molar-refractivity contribution >= 4 is 34.2 Å². The molecule has 1 aliphatic rings. The molecule has 0 saturated carbocycles. The van der Waals surface area contributed by atoms with Crippen molar-refractivity contribution in [3.63, 3.8) is 0 Å². The molecule has 1 N–H and O–H groups in total. The number of thioether (sulfide) groups is 1. The molecule has 2 rings (SSSR count). The van der Waals surface area contributed by atoms with Crippen LogP contribution in [-0.2, 0) is 0 Å². The summed E-state index contributed by atoms with van der Waals surface area (Å²) in [5.41, 5.74) is 2.11. The fraction of sp³-hybridized carbons (Fsp3) is 0.500. The van der Waals surface area contributed by atoms with Gasteiger partial charge in [-0.25, -0.2) is 0 Å². The van der Waals surface area contributed by atoms with Gasteiger partial charge in [0.25, 0.3) is 0 Å². The second kappa shape index (κ2) is 5.98.